The van der Waals surface area contributed by atoms with E-state index in [0.717, 1.165) is 33.6 Å². The number of ether oxygens (including phenoxy) is 1. The predicted molar refractivity (Wildman–Crippen MR) is 163 cm³/mol. The van der Waals surface area contributed by atoms with Gasteiger partial charge in [-0.25, -0.2) is 9.18 Å². The molecule has 0 saturated carbocycles. The van der Waals surface area contributed by atoms with E-state index in [1.807, 2.05) is 59.6 Å². The Morgan fingerprint density at radius 1 is 1.10 bits per heavy atom. The fourth-order valence-electron chi connectivity index (χ4n) is 5.38. The molecule has 0 spiro atoms. The van der Waals surface area contributed by atoms with Crippen LogP contribution >= 0.6 is 11.8 Å². The van der Waals surface area contributed by atoms with Crippen LogP contribution in [0.3, 0.4) is 0 Å². The molecule has 1 amide bonds. The molecule has 1 atom stereocenters. The van der Waals surface area contributed by atoms with Crippen molar-refractivity contribution in [1.29, 1.82) is 0 Å². The third kappa shape index (κ3) is 5.44. The van der Waals surface area contributed by atoms with Crippen LogP contribution in [0.15, 0.2) is 85.5 Å². The van der Waals surface area contributed by atoms with E-state index in [2.05, 4.69) is 20.9 Å². The third-order valence-corrected chi connectivity index (χ3v) is 8.44. The van der Waals surface area contributed by atoms with Gasteiger partial charge in [0.25, 0.3) is 0 Å². The monoisotopic (exact) mass is 582 g/mol. The standard InChI is InChI=1S/C33H31FN4O3S/c1-33(2,3)41-32(40)36-15-12-21-17-23(34)10-11-27(21)38-19-26(24-8-4-5-9-28(24)38)30(39)25-13-16-37-29(25)20-42-31(37)22-7-6-14-35-18-22/h4-11,13-14,16-19,31H,12,15,20H2,1-3H3,(H,36,40). The van der Waals surface area contributed by atoms with Gasteiger partial charge in [-0.05, 0) is 69.2 Å². The minimum atomic E-state index is -0.611. The first kappa shape index (κ1) is 27.8. The van der Waals surface area contributed by atoms with Gasteiger partial charge in [0, 0.05) is 70.5 Å². The Morgan fingerprint density at radius 3 is 2.71 bits per heavy atom. The second-order valence-corrected chi connectivity index (χ2v) is 12.3. The number of hydrogen-bond acceptors (Lipinski definition) is 5. The smallest absolute Gasteiger partial charge is 0.407 e. The third-order valence-electron chi connectivity index (χ3n) is 7.19. The summed E-state index contributed by atoms with van der Waals surface area (Å²) in [6.07, 6.45) is 7.30. The van der Waals surface area contributed by atoms with Gasteiger partial charge in [0.2, 0.25) is 0 Å². The van der Waals surface area contributed by atoms with Gasteiger partial charge in [0.15, 0.2) is 5.78 Å². The van der Waals surface area contributed by atoms with Gasteiger partial charge in [0.1, 0.15) is 16.8 Å². The number of fused-ring (bicyclic) bond motifs is 2. The van der Waals surface area contributed by atoms with Gasteiger partial charge in [-0.15, -0.1) is 11.8 Å². The summed E-state index contributed by atoms with van der Waals surface area (Å²) in [5.41, 5.74) is 5.02. The second kappa shape index (κ2) is 11.1. The molecule has 1 N–H and O–H groups in total. The number of rotatable bonds is 7. The molecule has 0 aliphatic carbocycles. The topological polar surface area (TPSA) is 78.1 Å². The van der Waals surface area contributed by atoms with Gasteiger partial charge in [0.05, 0.1) is 5.52 Å². The number of thioether (sulfide) groups is 1. The first-order valence-corrected chi connectivity index (χ1v) is 14.9. The Hall–Kier alpha value is -4.37. The summed E-state index contributed by atoms with van der Waals surface area (Å²) >= 11 is 1.77. The van der Waals surface area contributed by atoms with Gasteiger partial charge < -0.3 is 19.2 Å². The molecule has 214 valence electrons. The molecule has 1 aliphatic heterocycles. The molecule has 5 aromatic rings. The van der Waals surface area contributed by atoms with Crippen LogP contribution in [0.2, 0.25) is 0 Å². The van der Waals surface area contributed by atoms with Crippen LogP contribution in [-0.4, -0.2) is 38.1 Å². The molecular formula is C33H31FN4O3S. The number of halogens is 1. The quantitative estimate of drug-likeness (QED) is 0.208. The number of hydrogen-bond donors (Lipinski definition) is 1. The van der Waals surface area contributed by atoms with Crippen molar-refractivity contribution < 1.29 is 18.7 Å². The maximum absolute atomic E-state index is 14.4. The van der Waals surface area contributed by atoms with Crippen LogP contribution in [0.1, 0.15) is 58.9 Å². The summed E-state index contributed by atoms with van der Waals surface area (Å²) in [5.74, 6) is 0.296. The van der Waals surface area contributed by atoms with E-state index in [-0.39, 0.29) is 23.5 Å². The van der Waals surface area contributed by atoms with E-state index in [9.17, 15) is 14.0 Å². The zero-order valence-corrected chi connectivity index (χ0v) is 24.5. The summed E-state index contributed by atoms with van der Waals surface area (Å²) in [5, 5.41) is 3.64. The van der Waals surface area contributed by atoms with E-state index in [4.69, 9.17) is 4.74 Å². The second-order valence-electron chi connectivity index (χ2n) is 11.2. The van der Waals surface area contributed by atoms with Crippen molar-refractivity contribution in [2.45, 2.75) is 43.9 Å². The molecule has 0 bridgehead atoms. The number of carbonyl (C=O) groups is 2. The number of para-hydroxylation sites is 1. The molecule has 9 heteroatoms. The van der Waals surface area contributed by atoms with Crippen molar-refractivity contribution >= 4 is 34.5 Å². The molecule has 7 nitrogen and oxygen atoms in total. The van der Waals surface area contributed by atoms with E-state index in [1.54, 1.807) is 44.8 Å². The first-order valence-electron chi connectivity index (χ1n) is 13.8. The molecule has 1 unspecified atom stereocenters. The van der Waals surface area contributed by atoms with Crippen molar-refractivity contribution in [1.82, 2.24) is 19.4 Å². The zero-order valence-electron chi connectivity index (χ0n) is 23.6. The SMILES string of the molecule is CC(C)(C)OC(=O)NCCc1cc(F)ccc1-n1cc(C(=O)c2ccn3c2CSC3c2cccnc2)c2ccccc21. The summed E-state index contributed by atoms with van der Waals surface area (Å²) in [6, 6.07) is 18.2. The van der Waals surface area contributed by atoms with Crippen molar-refractivity contribution in [3.63, 3.8) is 0 Å². The molecule has 6 rings (SSSR count). The Kier molecular flexibility index (Phi) is 7.36. The number of ketones is 1. The van der Waals surface area contributed by atoms with Crippen LogP contribution < -0.4 is 5.32 Å². The van der Waals surface area contributed by atoms with Crippen LogP contribution in [-0.2, 0) is 16.9 Å². The fourth-order valence-corrected chi connectivity index (χ4v) is 6.69. The summed E-state index contributed by atoms with van der Waals surface area (Å²) in [4.78, 5) is 30.5. The zero-order chi connectivity index (χ0) is 29.4. The maximum atomic E-state index is 14.4. The highest BCUT2D eigenvalue weighted by atomic mass is 32.2. The van der Waals surface area contributed by atoms with Crippen molar-refractivity contribution in [2.75, 3.05) is 6.54 Å². The van der Waals surface area contributed by atoms with E-state index in [1.165, 1.54) is 12.1 Å². The summed E-state index contributed by atoms with van der Waals surface area (Å²) in [7, 11) is 0. The Bertz CT molecular complexity index is 1790. The molecule has 4 heterocycles. The minimum absolute atomic E-state index is 0.0543. The number of pyridine rings is 1. The highest BCUT2D eigenvalue weighted by Crippen LogP contribution is 2.42. The molecule has 2 aromatic carbocycles. The van der Waals surface area contributed by atoms with Crippen LogP contribution in [0.5, 0.6) is 0 Å². The number of amides is 1. The highest BCUT2D eigenvalue weighted by molar-refractivity contribution is 7.99. The lowest BCUT2D eigenvalue weighted by molar-refractivity contribution is 0.0528. The van der Waals surface area contributed by atoms with Crippen LogP contribution in [0, 0.1) is 5.82 Å². The molecule has 3 aromatic heterocycles. The lowest BCUT2D eigenvalue weighted by Crippen LogP contribution is -2.33. The number of nitrogens with zero attached hydrogens (tertiary/aromatic N) is 3. The van der Waals surface area contributed by atoms with Crippen molar-refractivity contribution in [3.8, 4) is 5.69 Å². The average molecular weight is 583 g/mol. The van der Waals surface area contributed by atoms with Gasteiger partial charge in [-0.2, -0.15) is 0 Å². The molecule has 0 saturated heterocycles. The maximum Gasteiger partial charge on any atom is 0.407 e. The summed E-state index contributed by atoms with van der Waals surface area (Å²) in [6.45, 7) is 5.66. The lowest BCUT2D eigenvalue weighted by Gasteiger charge is -2.20. The van der Waals surface area contributed by atoms with Crippen molar-refractivity contribution in [2.24, 2.45) is 0 Å². The number of carbonyl (C=O) groups excluding carboxylic acids is 2. The van der Waals surface area contributed by atoms with Crippen LogP contribution in [0.25, 0.3) is 16.6 Å². The van der Waals surface area contributed by atoms with E-state index < -0.39 is 11.7 Å². The number of aromatic nitrogens is 3. The Morgan fingerprint density at radius 2 is 1.93 bits per heavy atom. The fraction of sp³-hybridized carbons (Fsp3) is 0.242. The summed E-state index contributed by atoms with van der Waals surface area (Å²) < 4.78 is 23.8. The predicted octanol–water partition coefficient (Wildman–Crippen LogP) is 7.06. The number of nitrogens with one attached hydrogen (secondary N) is 1. The Balaban J connectivity index is 1.33. The van der Waals surface area contributed by atoms with Gasteiger partial charge >= 0.3 is 6.09 Å². The lowest BCUT2D eigenvalue weighted by atomic mass is 10.0. The molecule has 0 fully saturated rings. The van der Waals surface area contributed by atoms with Crippen molar-refractivity contribution in [3.05, 3.63) is 119 Å². The van der Waals surface area contributed by atoms with Gasteiger partial charge in [-0.3, -0.25) is 9.78 Å². The van der Waals surface area contributed by atoms with E-state index in [0.29, 0.717) is 23.1 Å². The number of alkyl carbamates (subject to hydrolysis) is 1. The molecule has 1 aliphatic rings. The molecule has 42 heavy (non-hydrogen) atoms. The largest absolute Gasteiger partial charge is 0.444 e. The highest BCUT2D eigenvalue weighted by Gasteiger charge is 2.30. The van der Waals surface area contributed by atoms with Crippen LogP contribution in [0.4, 0.5) is 9.18 Å². The molecule has 0 radical (unpaired) electrons. The van der Waals surface area contributed by atoms with Gasteiger partial charge in [-0.1, -0.05) is 24.3 Å². The minimum Gasteiger partial charge on any atom is -0.444 e. The Labute approximate surface area is 247 Å². The number of benzene rings is 2. The average Bonchev–Trinajstić information content (AvgIpc) is 3.66. The first-order chi connectivity index (χ1) is 20.2. The molecular weight excluding hydrogens is 551 g/mol. The normalized spacial score (nSPS) is 14.6. The van der Waals surface area contributed by atoms with E-state index >= 15 is 0 Å².